The van der Waals surface area contributed by atoms with Gasteiger partial charge in [-0.05, 0) is 63.2 Å². The molecule has 0 spiro atoms. The quantitative estimate of drug-likeness (QED) is 0.895. The molecule has 1 aromatic carbocycles. The first-order valence-corrected chi connectivity index (χ1v) is 8.11. The van der Waals surface area contributed by atoms with E-state index in [0.29, 0.717) is 6.42 Å². The first-order chi connectivity index (χ1) is 10.1. The molecule has 0 bridgehead atoms. The number of hydrogen-bond donors (Lipinski definition) is 1. The number of aryl methyl sites for hydroxylation is 1. The summed E-state index contributed by atoms with van der Waals surface area (Å²) in [5.41, 5.74) is 2.50. The molecule has 1 saturated heterocycles. The van der Waals surface area contributed by atoms with Gasteiger partial charge in [-0.2, -0.15) is 0 Å². The molecule has 1 aliphatic rings. The standard InChI is InChI=1S/C18H28N2O.ClH/c1-14-6-4-5-7-17(14)15(2)20(3)18(21)9-8-16-10-12-19-13-11-16;/h4-7,15-16,19H,8-13H2,1-3H3;1H. The Morgan fingerprint density at radius 2 is 1.95 bits per heavy atom. The van der Waals surface area contributed by atoms with Crippen LogP contribution in [0, 0.1) is 12.8 Å². The third-order valence-corrected chi connectivity index (χ3v) is 4.84. The van der Waals surface area contributed by atoms with Crippen LogP contribution in [-0.4, -0.2) is 30.9 Å². The highest BCUT2D eigenvalue weighted by atomic mass is 35.5. The van der Waals surface area contributed by atoms with Crippen LogP contribution in [0.2, 0.25) is 0 Å². The highest BCUT2D eigenvalue weighted by molar-refractivity contribution is 5.85. The maximum absolute atomic E-state index is 12.4. The lowest BCUT2D eigenvalue weighted by Crippen LogP contribution is -2.32. The van der Waals surface area contributed by atoms with Gasteiger partial charge in [0, 0.05) is 13.5 Å². The van der Waals surface area contributed by atoms with Crippen LogP contribution in [0.3, 0.4) is 0 Å². The third kappa shape index (κ3) is 4.99. The van der Waals surface area contributed by atoms with Crippen molar-refractivity contribution in [2.45, 2.75) is 45.6 Å². The predicted octanol–water partition coefficient (Wildman–Crippen LogP) is 3.72. The smallest absolute Gasteiger partial charge is 0.222 e. The largest absolute Gasteiger partial charge is 0.339 e. The number of carbonyl (C=O) groups excluding carboxylic acids is 1. The second-order valence-corrected chi connectivity index (χ2v) is 6.27. The van der Waals surface area contributed by atoms with E-state index in [9.17, 15) is 4.79 Å². The average molecular weight is 325 g/mol. The molecule has 1 fully saturated rings. The van der Waals surface area contributed by atoms with E-state index in [1.165, 1.54) is 24.0 Å². The average Bonchev–Trinajstić information content (AvgIpc) is 2.52. The predicted molar refractivity (Wildman–Crippen MR) is 94.4 cm³/mol. The molecule has 2 rings (SSSR count). The first-order valence-electron chi connectivity index (χ1n) is 8.11. The molecule has 1 atom stereocenters. The fraction of sp³-hybridized carbons (Fsp3) is 0.611. The lowest BCUT2D eigenvalue weighted by molar-refractivity contribution is -0.132. The summed E-state index contributed by atoms with van der Waals surface area (Å²) < 4.78 is 0. The molecule has 0 aromatic heterocycles. The van der Waals surface area contributed by atoms with Crippen LogP contribution in [0.25, 0.3) is 0 Å². The molecule has 3 nitrogen and oxygen atoms in total. The van der Waals surface area contributed by atoms with Crippen molar-refractivity contribution >= 4 is 18.3 Å². The number of carbonyl (C=O) groups is 1. The summed E-state index contributed by atoms with van der Waals surface area (Å²) in [5, 5.41) is 3.38. The molecule has 1 amide bonds. The molecule has 124 valence electrons. The number of rotatable bonds is 5. The van der Waals surface area contributed by atoms with Gasteiger partial charge in [0.2, 0.25) is 5.91 Å². The molecular formula is C18H29ClN2O. The van der Waals surface area contributed by atoms with Gasteiger partial charge in [0.25, 0.3) is 0 Å². The van der Waals surface area contributed by atoms with Gasteiger partial charge in [-0.15, -0.1) is 12.4 Å². The van der Waals surface area contributed by atoms with E-state index in [1.54, 1.807) is 0 Å². The topological polar surface area (TPSA) is 32.3 Å². The van der Waals surface area contributed by atoms with Crippen LogP contribution in [-0.2, 0) is 4.79 Å². The molecular weight excluding hydrogens is 296 g/mol. The highest BCUT2D eigenvalue weighted by Gasteiger charge is 2.20. The Morgan fingerprint density at radius 1 is 1.32 bits per heavy atom. The zero-order valence-electron chi connectivity index (χ0n) is 14.0. The first kappa shape index (κ1) is 19.0. The van der Waals surface area contributed by atoms with Crippen LogP contribution < -0.4 is 5.32 Å². The van der Waals surface area contributed by atoms with Crippen molar-refractivity contribution in [3.05, 3.63) is 35.4 Å². The summed E-state index contributed by atoms with van der Waals surface area (Å²) in [5.74, 6) is 0.988. The van der Waals surface area contributed by atoms with Crippen molar-refractivity contribution in [2.24, 2.45) is 5.92 Å². The van der Waals surface area contributed by atoms with E-state index in [0.717, 1.165) is 25.4 Å². The van der Waals surface area contributed by atoms with Gasteiger partial charge in [0.05, 0.1) is 6.04 Å². The molecule has 0 aliphatic carbocycles. The monoisotopic (exact) mass is 324 g/mol. The number of benzene rings is 1. The molecule has 1 aliphatic heterocycles. The number of amides is 1. The summed E-state index contributed by atoms with van der Waals surface area (Å²) in [6.45, 7) is 6.44. The van der Waals surface area contributed by atoms with Crippen LogP contribution in [0.4, 0.5) is 0 Å². The molecule has 1 heterocycles. The number of hydrogen-bond acceptors (Lipinski definition) is 2. The fourth-order valence-corrected chi connectivity index (χ4v) is 3.15. The Balaban J connectivity index is 0.00000242. The van der Waals surface area contributed by atoms with Crippen LogP contribution in [0.15, 0.2) is 24.3 Å². The molecule has 22 heavy (non-hydrogen) atoms. The summed E-state index contributed by atoms with van der Waals surface area (Å²) >= 11 is 0. The van der Waals surface area contributed by atoms with Crippen molar-refractivity contribution in [2.75, 3.05) is 20.1 Å². The van der Waals surface area contributed by atoms with Gasteiger partial charge < -0.3 is 10.2 Å². The third-order valence-electron chi connectivity index (χ3n) is 4.84. The van der Waals surface area contributed by atoms with E-state index >= 15 is 0 Å². The normalized spacial score (nSPS) is 16.7. The van der Waals surface area contributed by atoms with E-state index in [-0.39, 0.29) is 24.4 Å². The summed E-state index contributed by atoms with van der Waals surface area (Å²) in [6, 6.07) is 8.47. The Kier molecular flexibility index (Phi) is 7.91. The van der Waals surface area contributed by atoms with Crippen molar-refractivity contribution in [1.29, 1.82) is 0 Å². The van der Waals surface area contributed by atoms with Gasteiger partial charge in [0.1, 0.15) is 0 Å². The van der Waals surface area contributed by atoms with E-state index in [1.807, 2.05) is 24.1 Å². The van der Waals surface area contributed by atoms with Crippen molar-refractivity contribution < 1.29 is 4.79 Å². The molecule has 1 N–H and O–H groups in total. The minimum atomic E-state index is 0. The van der Waals surface area contributed by atoms with Gasteiger partial charge in [-0.3, -0.25) is 4.79 Å². The van der Waals surface area contributed by atoms with Crippen LogP contribution in [0.1, 0.15) is 49.8 Å². The molecule has 0 saturated carbocycles. The van der Waals surface area contributed by atoms with Crippen molar-refractivity contribution in [3.8, 4) is 0 Å². The number of nitrogens with zero attached hydrogens (tertiary/aromatic N) is 1. The molecule has 1 unspecified atom stereocenters. The Labute approximate surface area is 140 Å². The minimum absolute atomic E-state index is 0. The Morgan fingerprint density at radius 3 is 2.59 bits per heavy atom. The maximum Gasteiger partial charge on any atom is 0.222 e. The zero-order chi connectivity index (χ0) is 15.2. The molecule has 4 heteroatoms. The fourth-order valence-electron chi connectivity index (χ4n) is 3.15. The summed E-state index contributed by atoms with van der Waals surface area (Å²) in [7, 11) is 1.93. The van der Waals surface area contributed by atoms with Gasteiger partial charge >= 0.3 is 0 Å². The van der Waals surface area contributed by atoms with Gasteiger partial charge in [0.15, 0.2) is 0 Å². The van der Waals surface area contributed by atoms with Gasteiger partial charge in [-0.25, -0.2) is 0 Å². The second-order valence-electron chi connectivity index (χ2n) is 6.27. The number of piperidine rings is 1. The Bertz CT molecular complexity index is 472. The minimum Gasteiger partial charge on any atom is -0.339 e. The lowest BCUT2D eigenvalue weighted by Gasteiger charge is -2.28. The molecule has 1 aromatic rings. The van der Waals surface area contributed by atoms with Gasteiger partial charge in [-0.1, -0.05) is 24.3 Å². The van der Waals surface area contributed by atoms with E-state index in [2.05, 4.69) is 31.3 Å². The highest BCUT2D eigenvalue weighted by Crippen LogP contribution is 2.24. The zero-order valence-corrected chi connectivity index (χ0v) is 14.8. The van der Waals surface area contributed by atoms with Crippen molar-refractivity contribution in [3.63, 3.8) is 0 Å². The lowest BCUT2D eigenvalue weighted by atomic mass is 9.93. The van der Waals surface area contributed by atoms with Crippen LogP contribution >= 0.6 is 12.4 Å². The molecule has 0 radical (unpaired) electrons. The Hall–Kier alpha value is -1.06. The van der Waals surface area contributed by atoms with E-state index in [4.69, 9.17) is 0 Å². The summed E-state index contributed by atoms with van der Waals surface area (Å²) in [6.07, 6.45) is 4.14. The number of halogens is 1. The van der Waals surface area contributed by atoms with Crippen molar-refractivity contribution in [1.82, 2.24) is 10.2 Å². The van der Waals surface area contributed by atoms with Crippen LogP contribution in [0.5, 0.6) is 0 Å². The number of nitrogens with one attached hydrogen (secondary N) is 1. The maximum atomic E-state index is 12.4. The second kappa shape index (κ2) is 9.16. The SMILES string of the molecule is Cc1ccccc1C(C)N(C)C(=O)CCC1CCNCC1.Cl. The van der Waals surface area contributed by atoms with E-state index < -0.39 is 0 Å². The summed E-state index contributed by atoms with van der Waals surface area (Å²) in [4.78, 5) is 14.3.